The van der Waals surface area contributed by atoms with Crippen LogP contribution in [0.25, 0.3) is 10.4 Å². The Morgan fingerprint density at radius 3 is 2.88 bits per heavy atom. The SMILES string of the molecule is Cc1nc(C(=O)N2[C@H](CN)C[C@@H]3CCC[C@@H]32)c(-c2ccc(F)c(F)c2)s1. The van der Waals surface area contributed by atoms with Crippen LogP contribution in [0.2, 0.25) is 0 Å². The average Bonchev–Trinajstić information content (AvgIpc) is 3.30. The van der Waals surface area contributed by atoms with Crippen molar-refractivity contribution in [2.24, 2.45) is 11.7 Å². The van der Waals surface area contributed by atoms with Gasteiger partial charge in [0.2, 0.25) is 0 Å². The number of benzene rings is 1. The Balaban J connectivity index is 1.73. The maximum absolute atomic E-state index is 13.7. The zero-order chi connectivity index (χ0) is 18.4. The van der Waals surface area contributed by atoms with Gasteiger partial charge in [-0.2, -0.15) is 0 Å². The number of likely N-dealkylation sites (tertiary alicyclic amines) is 1. The van der Waals surface area contributed by atoms with Gasteiger partial charge in [0.05, 0.1) is 9.88 Å². The molecule has 0 bridgehead atoms. The van der Waals surface area contributed by atoms with Crippen molar-refractivity contribution in [1.82, 2.24) is 9.88 Å². The largest absolute Gasteiger partial charge is 0.330 e. The van der Waals surface area contributed by atoms with Crippen LogP contribution in [0.15, 0.2) is 18.2 Å². The number of carbonyl (C=O) groups is 1. The molecule has 1 amide bonds. The van der Waals surface area contributed by atoms with Gasteiger partial charge in [-0.1, -0.05) is 12.5 Å². The highest BCUT2D eigenvalue weighted by Crippen LogP contribution is 2.42. The zero-order valence-corrected chi connectivity index (χ0v) is 15.4. The lowest BCUT2D eigenvalue weighted by molar-refractivity contribution is 0.0660. The Morgan fingerprint density at radius 2 is 2.15 bits per heavy atom. The van der Waals surface area contributed by atoms with Gasteiger partial charge < -0.3 is 10.6 Å². The van der Waals surface area contributed by atoms with Gasteiger partial charge in [-0.15, -0.1) is 11.3 Å². The van der Waals surface area contributed by atoms with E-state index in [0.717, 1.165) is 42.8 Å². The number of fused-ring (bicyclic) bond motifs is 1. The van der Waals surface area contributed by atoms with Gasteiger partial charge in [-0.3, -0.25) is 4.79 Å². The van der Waals surface area contributed by atoms with Crippen LogP contribution < -0.4 is 5.73 Å². The minimum atomic E-state index is -0.927. The molecule has 2 aromatic rings. The van der Waals surface area contributed by atoms with Crippen LogP contribution in [0.4, 0.5) is 8.78 Å². The first-order chi connectivity index (χ1) is 12.5. The molecule has 4 rings (SSSR count). The molecular weight excluding hydrogens is 356 g/mol. The fourth-order valence-corrected chi connectivity index (χ4v) is 5.35. The molecule has 2 N–H and O–H groups in total. The molecule has 1 aromatic carbocycles. The Hall–Kier alpha value is -1.86. The van der Waals surface area contributed by atoms with Crippen molar-refractivity contribution < 1.29 is 13.6 Å². The molecule has 138 valence electrons. The highest BCUT2D eigenvalue weighted by molar-refractivity contribution is 7.15. The van der Waals surface area contributed by atoms with Crippen LogP contribution in [0.3, 0.4) is 0 Å². The molecule has 0 unspecified atom stereocenters. The lowest BCUT2D eigenvalue weighted by atomic mass is 10.0. The van der Waals surface area contributed by atoms with Crippen LogP contribution in [0.5, 0.6) is 0 Å². The molecule has 3 atom stereocenters. The van der Waals surface area contributed by atoms with Crippen molar-refractivity contribution in [3.8, 4) is 10.4 Å². The molecule has 0 spiro atoms. The van der Waals surface area contributed by atoms with Gasteiger partial charge in [0, 0.05) is 18.6 Å². The molecule has 0 radical (unpaired) electrons. The van der Waals surface area contributed by atoms with Gasteiger partial charge in [0.25, 0.3) is 5.91 Å². The maximum Gasteiger partial charge on any atom is 0.274 e. The summed E-state index contributed by atoms with van der Waals surface area (Å²) in [7, 11) is 0. The Labute approximate surface area is 155 Å². The van der Waals surface area contributed by atoms with Crippen LogP contribution in [0.1, 0.15) is 41.2 Å². The van der Waals surface area contributed by atoms with Gasteiger partial charge in [-0.05, 0) is 49.8 Å². The number of halogens is 2. The van der Waals surface area contributed by atoms with Crippen LogP contribution in [-0.2, 0) is 0 Å². The van der Waals surface area contributed by atoms with Crippen LogP contribution >= 0.6 is 11.3 Å². The molecule has 4 nitrogen and oxygen atoms in total. The summed E-state index contributed by atoms with van der Waals surface area (Å²) in [5.74, 6) is -1.46. The lowest BCUT2D eigenvalue weighted by Crippen LogP contribution is -2.44. The highest BCUT2D eigenvalue weighted by Gasteiger charge is 2.46. The van der Waals surface area contributed by atoms with E-state index in [0.29, 0.717) is 28.6 Å². The number of nitrogens with zero attached hydrogens (tertiary/aromatic N) is 2. The van der Waals surface area contributed by atoms with E-state index in [4.69, 9.17) is 5.73 Å². The summed E-state index contributed by atoms with van der Waals surface area (Å²) in [5, 5.41) is 0.722. The van der Waals surface area contributed by atoms with E-state index < -0.39 is 11.6 Å². The van der Waals surface area contributed by atoms with Crippen molar-refractivity contribution in [2.75, 3.05) is 6.54 Å². The summed E-state index contributed by atoms with van der Waals surface area (Å²) in [6.07, 6.45) is 4.20. The highest BCUT2D eigenvalue weighted by atomic mass is 32.1. The summed E-state index contributed by atoms with van der Waals surface area (Å²) in [5.41, 5.74) is 6.73. The maximum atomic E-state index is 13.7. The van der Waals surface area contributed by atoms with E-state index in [1.165, 1.54) is 17.4 Å². The Kier molecular flexibility index (Phi) is 4.52. The second-order valence-corrected chi connectivity index (χ2v) is 8.34. The predicted molar refractivity (Wildman–Crippen MR) is 97.0 cm³/mol. The minimum Gasteiger partial charge on any atom is -0.330 e. The number of carbonyl (C=O) groups excluding carboxylic acids is 1. The first-order valence-corrected chi connectivity index (χ1v) is 9.76. The van der Waals surface area contributed by atoms with E-state index in [-0.39, 0.29) is 18.0 Å². The summed E-state index contributed by atoms with van der Waals surface area (Å²) in [4.78, 5) is 20.3. The van der Waals surface area contributed by atoms with Crippen LogP contribution in [0, 0.1) is 24.5 Å². The quantitative estimate of drug-likeness (QED) is 0.886. The standard InChI is InChI=1S/C19H21F2N3OS/c1-10-23-17(18(26-10)12-5-6-14(20)15(21)8-12)19(25)24-13(9-22)7-11-3-2-4-16(11)24/h5-6,8,11,13,16H,2-4,7,9,22H2,1H3/t11-,13-,16-/m0/s1. The van der Waals surface area contributed by atoms with E-state index in [9.17, 15) is 13.6 Å². The molecule has 1 saturated carbocycles. The van der Waals surface area contributed by atoms with E-state index in [1.807, 2.05) is 11.8 Å². The normalized spacial score (nSPS) is 24.9. The number of amides is 1. The second kappa shape index (κ2) is 6.70. The number of hydrogen-bond acceptors (Lipinski definition) is 4. The summed E-state index contributed by atoms with van der Waals surface area (Å²) in [6, 6.07) is 3.94. The van der Waals surface area contributed by atoms with Crippen LogP contribution in [-0.4, -0.2) is 34.4 Å². The molecule has 2 fully saturated rings. The van der Waals surface area contributed by atoms with Crippen molar-refractivity contribution in [3.63, 3.8) is 0 Å². The predicted octanol–water partition coefficient (Wildman–Crippen LogP) is 3.74. The molecule has 1 aromatic heterocycles. The third kappa shape index (κ3) is 2.83. The summed E-state index contributed by atoms with van der Waals surface area (Å²) in [6.45, 7) is 2.25. The Bertz CT molecular complexity index is 853. The zero-order valence-electron chi connectivity index (χ0n) is 14.5. The third-order valence-corrected chi connectivity index (χ3v) is 6.59. The fraction of sp³-hybridized carbons (Fsp3) is 0.474. The lowest BCUT2D eigenvalue weighted by Gasteiger charge is -2.29. The number of rotatable bonds is 3. The van der Waals surface area contributed by atoms with Crippen molar-refractivity contribution in [1.29, 1.82) is 0 Å². The molecule has 7 heteroatoms. The Morgan fingerprint density at radius 1 is 1.35 bits per heavy atom. The average molecular weight is 377 g/mol. The number of aryl methyl sites for hydroxylation is 1. The van der Waals surface area contributed by atoms with Gasteiger partial charge in [-0.25, -0.2) is 13.8 Å². The topological polar surface area (TPSA) is 59.2 Å². The summed E-state index contributed by atoms with van der Waals surface area (Å²) < 4.78 is 27.0. The van der Waals surface area contributed by atoms with E-state index in [2.05, 4.69) is 4.98 Å². The molecule has 26 heavy (non-hydrogen) atoms. The minimum absolute atomic E-state index is 0.0256. The molecule has 2 aliphatic rings. The number of thiazole rings is 1. The van der Waals surface area contributed by atoms with Gasteiger partial charge in [0.15, 0.2) is 11.6 Å². The second-order valence-electron chi connectivity index (χ2n) is 7.14. The third-order valence-electron chi connectivity index (χ3n) is 5.57. The number of nitrogens with two attached hydrogens (primary N) is 1. The molecule has 1 saturated heterocycles. The number of aromatic nitrogens is 1. The van der Waals surface area contributed by atoms with Crippen molar-refractivity contribution in [2.45, 2.75) is 44.7 Å². The first kappa shape index (κ1) is 17.5. The molecule has 1 aliphatic carbocycles. The molecule has 2 heterocycles. The van der Waals surface area contributed by atoms with Gasteiger partial charge in [0.1, 0.15) is 5.69 Å². The van der Waals surface area contributed by atoms with E-state index >= 15 is 0 Å². The van der Waals surface area contributed by atoms with E-state index in [1.54, 1.807) is 0 Å². The summed E-state index contributed by atoms with van der Waals surface area (Å²) >= 11 is 1.32. The molecule has 1 aliphatic heterocycles. The van der Waals surface area contributed by atoms with Crippen molar-refractivity contribution in [3.05, 3.63) is 40.5 Å². The van der Waals surface area contributed by atoms with Gasteiger partial charge >= 0.3 is 0 Å². The van der Waals surface area contributed by atoms with Crippen molar-refractivity contribution >= 4 is 17.2 Å². The monoisotopic (exact) mass is 377 g/mol. The smallest absolute Gasteiger partial charge is 0.274 e. The first-order valence-electron chi connectivity index (χ1n) is 8.95. The number of hydrogen-bond donors (Lipinski definition) is 1. The molecular formula is C19H21F2N3OS. The fourth-order valence-electron chi connectivity index (χ4n) is 4.45.